The number of hydrogen-bond acceptors (Lipinski definition) is 5. The molecule has 0 spiro atoms. The molecule has 0 saturated heterocycles. The van der Waals surface area contributed by atoms with Crippen LogP contribution in [-0.2, 0) is 27.3 Å². The van der Waals surface area contributed by atoms with Gasteiger partial charge in [0, 0.05) is 6.42 Å². The third-order valence-corrected chi connectivity index (χ3v) is 7.77. The molecule has 0 heterocycles. The van der Waals surface area contributed by atoms with Crippen LogP contribution in [0.5, 0.6) is 5.75 Å². The van der Waals surface area contributed by atoms with Crippen LogP contribution in [0.4, 0.5) is 4.79 Å². The first-order valence-corrected chi connectivity index (χ1v) is 12.4. The predicted octanol–water partition coefficient (Wildman–Crippen LogP) is 4.90. The van der Waals surface area contributed by atoms with Gasteiger partial charge >= 0.3 is 12.1 Å². The zero-order valence-corrected chi connectivity index (χ0v) is 19.7. The summed E-state index contributed by atoms with van der Waals surface area (Å²) in [7, 11) is 1.33. The molecule has 4 fully saturated rings. The summed E-state index contributed by atoms with van der Waals surface area (Å²) in [5.74, 6) is 2.84. The Morgan fingerprint density at radius 1 is 0.882 bits per heavy atom. The van der Waals surface area contributed by atoms with Crippen molar-refractivity contribution < 1.29 is 23.8 Å². The first kappa shape index (κ1) is 22.8. The van der Waals surface area contributed by atoms with Gasteiger partial charge in [-0.1, -0.05) is 42.5 Å². The summed E-state index contributed by atoms with van der Waals surface area (Å²) >= 11 is 0. The van der Waals surface area contributed by atoms with E-state index in [9.17, 15) is 9.59 Å². The zero-order valence-electron chi connectivity index (χ0n) is 19.7. The molecule has 4 aliphatic rings. The average Bonchev–Trinajstić information content (AvgIpc) is 2.85. The molecule has 1 N–H and O–H groups in total. The molecule has 180 valence electrons. The fourth-order valence-electron chi connectivity index (χ4n) is 6.40. The van der Waals surface area contributed by atoms with Crippen molar-refractivity contribution in [2.45, 2.75) is 57.3 Å². The number of hydrogen-bond donors (Lipinski definition) is 1. The Kier molecular flexibility index (Phi) is 6.75. The second kappa shape index (κ2) is 10.1. The van der Waals surface area contributed by atoms with Gasteiger partial charge < -0.3 is 19.5 Å². The lowest BCUT2D eigenvalue weighted by atomic mass is 9.55. The van der Waals surface area contributed by atoms with Gasteiger partial charge in [-0.15, -0.1) is 0 Å². The van der Waals surface area contributed by atoms with Gasteiger partial charge in [0.1, 0.15) is 24.5 Å². The Hall–Kier alpha value is -3.02. The number of nitrogens with one attached hydrogen (secondary N) is 1. The van der Waals surface area contributed by atoms with Crippen LogP contribution in [-0.4, -0.2) is 31.3 Å². The molecule has 4 aliphatic carbocycles. The highest BCUT2D eigenvalue weighted by Gasteiger charge is 2.50. The second-order valence-electron chi connectivity index (χ2n) is 10.1. The fraction of sp³-hybridized carbons (Fsp3) is 0.500. The minimum Gasteiger partial charge on any atom is -0.489 e. The van der Waals surface area contributed by atoms with Crippen molar-refractivity contribution in [3.8, 4) is 5.75 Å². The van der Waals surface area contributed by atoms with Crippen LogP contribution < -0.4 is 10.1 Å². The van der Waals surface area contributed by atoms with Crippen molar-refractivity contribution in [3.63, 3.8) is 0 Å². The molecule has 2 aromatic rings. The Morgan fingerprint density at radius 2 is 1.53 bits per heavy atom. The third kappa shape index (κ3) is 5.21. The van der Waals surface area contributed by atoms with Crippen LogP contribution in [0, 0.1) is 23.7 Å². The molecule has 1 atom stereocenters. The monoisotopic (exact) mass is 463 g/mol. The number of methoxy groups -OCH3 is 1. The van der Waals surface area contributed by atoms with Gasteiger partial charge in [0.2, 0.25) is 0 Å². The van der Waals surface area contributed by atoms with Gasteiger partial charge in [0.15, 0.2) is 0 Å². The Labute approximate surface area is 201 Å². The molecule has 1 amide bonds. The summed E-state index contributed by atoms with van der Waals surface area (Å²) in [6, 6.07) is 16.7. The van der Waals surface area contributed by atoms with E-state index < -0.39 is 18.1 Å². The maximum atomic E-state index is 12.8. The maximum absolute atomic E-state index is 12.8. The fourth-order valence-corrected chi connectivity index (χ4v) is 6.40. The predicted molar refractivity (Wildman–Crippen MR) is 127 cm³/mol. The summed E-state index contributed by atoms with van der Waals surface area (Å²) < 4.78 is 16.7. The van der Waals surface area contributed by atoms with Crippen LogP contribution in [0.2, 0.25) is 0 Å². The smallest absolute Gasteiger partial charge is 0.408 e. The van der Waals surface area contributed by atoms with E-state index in [4.69, 9.17) is 14.2 Å². The van der Waals surface area contributed by atoms with Gasteiger partial charge in [-0.2, -0.15) is 0 Å². The third-order valence-electron chi connectivity index (χ3n) is 7.77. The van der Waals surface area contributed by atoms with Crippen molar-refractivity contribution in [1.82, 2.24) is 5.32 Å². The molecule has 6 rings (SSSR count). The lowest BCUT2D eigenvalue weighted by molar-refractivity contribution is -0.143. The molecule has 0 aliphatic heterocycles. The highest BCUT2D eigenvalue weighted by molar-refractivity contribution is 5.81. The van der Waals surface area contributed by atoms with Crippen molar-refractivity contribution in [2.75, 3.05) is 7.11 Å². The molecule has 4 saturated carbocycles. The Morgan fingerprint density at radius 3 is 2.15 bits per heavy atom. The number of carbonyl (C=O) groups excluding carboxylic acids is 2. The summed E-state index contributed by atoms with van der Waals surface area (Å²) in [5.41, 5.74) is 2.00. The number of amides is 1. The number of benzene rings is 2. The quantitative estimate of drug-likeness (QED) is 0.564. The molecular weight excluding hydrogens is 430 g/mol. The highest BCUT2D eigenvalue weighted by atomic mass is 16.6. The van der Waals surface area contributed by atoms with E-state index in [0.29, 0.717) is 24.9 Å². The van der Waals surface area contributed by atoms with Crippen molar-refractivity contribution in [2.24, 2.45) is 23.7 Å². The first-order valence-electron chi connectivity index (χ1n) is 12.4. The summed E-state index contributed by atoms with van der Waals surface area (Å²) in [6.45, 7) is 0.489. The normalized spacial score (nSPS) is 27.6. The van der Waals surface area contributed by atoms with Gasteiger partial charge in [-0.25, -0.2) is 9.59 Å². The number of ether oxygens (including phenoxy) is 3. The summed E-state index contributed by atoms with van der Waals surface area (Å²) in [4.78, 5) is 25.2. The molecule has 34 heavy (non-hydrogen) atoms. The highest BCUT2D eigenvalue weighted by Crippen LogP contribution is 2.54. The van der Waals surface area contributed by atoms with E-state index in [1.54, 1.807) is 0 Å². The largest absolute Gasteiger partial charge is 0.489 e. The number of carbonyl (C=O) groups is 2. The van der Waals surface area contributed by atoms with E-state index in [1.165, 1.54) is 39.2 Å². The van der Waals surface area contributed by atoms with E-state index in [-0.39, 0.29) is 6.10 Å². The second-order valence-corrected chi connectivity index (χ2v) is 10.1. The van der Waals surface area contributed by atoms with Gasteiger partial charge in [0.05, 0.1) is 7.11 Å². The molecule has 2 aromatic carbocycles. The van der Waals surface area contributed by atoms with Crippen molar-refractivity contribution in [1.29, 1.82) is 0 Å². The maximum Gasteiger partial charge on any atom is 0.408 e. The van der Waals surface area contributed by atoms with Crippen LogP contribution >= 0.6 is 0 Å². The average molecular weight is 464 g/mol. The SMILES string of the molecule is COC(=O)C(Cc1ccc(OCc2ccccc2)cc1)NC(=O)OC1C2CC3CC(C2)CC1C3. The molecule has 1 unspecified atom stereocenters. The van der Waals surface area contributed by atoms with E-state index in [0.717, 1.165) is 28.7 Å². The van der Waals surface area contributed by atoms with Crippen LogP contribution in [0.15, 0.2) is 54.6 Å². The van der Waals surface area contributed by atoms with E-state index in [1.807, 2.05) is 54.6 Å². The van der Waals surface area contributed by atoms with E-state index >= 15 is 0 Å². The Balaban J connectivity index is 1.16. The molecule has 0 aromatic heterocycles. The van der Waals surface area contributed by atoms with Gasteiger partial charge in [0.25, 0.3) is 0 Å². The topological polar surface area (TPSA) is 73.9 Å². The lowest BCUT2D eigenvalue weighted by Gasteiger charge is -2.53. The van der Waals surface area contributed by atoms with Crippen LogP contribution in [0.25, 0.3) is 0 Å². The molecular formula is C28H33NO5. The number of rotatable bonds is 8. The molecule has 0 radical (unpaired) electrons. The summed E-state index contributed by atoms with van der Waals surface area (Å²) in [6.07, 6.45) is 5.82. The first-order chi connectivity index (χ1) is 16.6. The molecule has 4 bridgehead atoms. The molecule has 6 nitrogen and oxygen atoms in total. The van der Waals surface area contributed by atoms with Crippen molar-refractivity contribution in [3.05, 3.63) is 65.7 Å². The van der Waals surface area contributed by atoms with Crippen LogP contribution in [0.3, 0.4) is 0 Å². The minimum atomic E-state index is -0.801. The zero-order chi connectivity index (χ0) is 23.5. The Bertz CT molecular complexity index is 962. The minimum absolute atomic E-state index is 0.0212. The summed E-state index contributed by atoms with van der Waals surface area (Å²) in [5, 5.41) is 2.77. The van der Waals surface area contributed by atoms with E-state index in [2.05, 4.69) is 5.32 Å². The number of alkyl carbamates (subject to hydrolysis) is 1. The molecule has 6 heteroatoms. The standard InChI is InChI=1S/C28H33NO5/c1-32-27(30)25(16-18-7-9-24(10-8-18)33-17-19-5-3-2-4-6-19)29-28(31)34-26-22-12-20-11-21(14-22)15-23(26)13-20/h2-10,20-23,25-26H,11-17H2,1H3,(H,29,31). The number of esters is 1. The van der Waals surface area contributed by atoms with Crippen LogP contribution in [0.1, 0.15) is 43.2 Å². The lowest BCUT2D eigenvalue weighted by Crippen LogP contribution is -2.52. The van der Waals surface area contributed by atoms with Gasteiger partial charge in [-0.05, 0) is 79.0 Å². The van der Waals surface area contributed by atoms with Gasteiger partial charge in [-0.3, -0.25) is 0 Å². The van der Waals surface area contributed by atoms with Crippen molar-refractivity contribution >= 4 is 12.1 Å².